The zero-order valence-corrected chi connectivity index (χ0v) is 12.0. The van der Waals surface area contributed by atoms with Gasteiger partial charge in [0.25, 0.3) is 0 Å². The van der Waals surface area contributed by atoms with Gasteiger partial charge in [0, 0.05) is 26.8 Å². The van der Waals surface area contributed by atoms with Gasteiger partial charge in [-0.1, -0.05) is 0 Å². The first kappa shape index (κ1) is 14.2. The maximum Gasteiger partial charge on any atom is 0.215 e. The van der Waals surface area contributed by atoms with E-state index in [1.165, 1.54) is 24.6 Å². The minimum absolute atomic E-state index is 0.00814. The molecule has 0 bridgehead atoms. The fourth-order valence-corrected chi connectivity index (χ4v) is 2.34. The molecule has 0 unspecified atom stereocenters. The molecule has 0 aliphatic carbocycles. The van der Waals surface area contributed by atoms with Crippen molar-refractivity contribution < 1.29 is 8.42 Å². The van der Waals surface area contributed by atoms with Gasteiger partial charge in [0.1, 0.15) is 0 Å². The van der Waals surface area contributed by atoms with E-state index in [9.17, 15) is 8.42 Å². The van der Waals surface area contributed by atoms with Gasteiger partial charge in [-0.2, -0.15) is 0 Å². The van der Waals surface area contributed by atoms with Gasteiger partial charge in [-0.3, -0.25) is 4.98 Å². The molecule has 0 saturated heterocycles. The van der Waals surface area contributed by atoms with Crippen LogP contribution in [-0.2, 0) is 10.0 Å². The second-order valence-electron chi connectivity index (χ2n) is 3.61. The molecule has 96 valence electrons. The number of nitrogens with zero attached hydrogens (tertiary/aromatic N) is 2. The van der Waals surface area contributed by atoms with Crippen LogP contribution < -0.4 is 11.1 Å². The van der Waals surface area contributed by atoms with Crippen molar-refractivity contribution in [3.05, 3.63) is 16.9 Å². The molecular formula is C9H15BrN4O2S. The molecule has 17 heavy (non-hydrogen) atoms. The summed E-state index contributed by atoms with van der Waals surface area (Å²) in [6.45, 7) is 0.285. The number of nitrogens with two attached hydrogens (primary N) is 1. The van der Waals surface area contributed by atoms with Crippen LogP contribution in [0.1, 0.15) is 0 Å². The number of anilines is 2. The molecule has 0 spiro atoms. The van der Waals surface area contributed by atoms with Crippen LogP contribution in [0, 0.1) is 0 Å². The average Bonchev–Trinajstić information content (AvgIpc) is 2.22. The van der Waals surface area contributed by atoms with Crippen LogP contribution in [0.2, 0.25) is 0 Å². The van der Waals surface area contributed by atoms with Crippen molar-refractivity contribution in [2.45, 2.75) is 0 Å². The second kappa shape index (κ2) is 5.65. The summed E-state index contributed by atoms with van der Waals surface area (Å²) in [6.07, 6.45) is 3.10. The van der Waals surface area contributed by atoms with Crippen LogP contribution in [0.5, 0.6) is 0 Å². The Morgan fingerprint density at radius 3 is 2.65 bits per heavy atom. The van der Waals surface area contributed by atoms with E-state index in [-0.39, 0.29) is 12.3 Å². The number of hydrogen-bond donors (Lipinski definition) is 2. The molecule has 1 rings (SSSR count). The zero-order chi connectivity index (χ0) is 13.1. The lowest BCUT2D eigenvalue weighted by Crippen LogP contribution is -2.28. The van der Waals surface area contributed by atoms with Crippen LogP contribution in [0.3, 0.4) is 0 Å². The highest BCUT2D eigenvalue weighted by molar-refractivity contribution is 9.10. The number of sulfonamides is 1. The van der Waals surface area contributed by atoms with Gasteiger partial charge in [-0.25, -0.2) is 12.7 Å². The lowest BCUT2D eigenvalue weighted by molar-refractivity contribution is 0.521. The number of hydrogen-bond acceptors (Lipinski definition) is 5. The Hall–Kier alpha value is -0.860. The fraction of sp³-hybridized carbons (Fsp3) is 0.444. The molecule has 0 radical (unpaired) electrons. The van der Waals surface area contributed by atoms with Crippen LogP contribution in [0.25, 0.3) is 0 Å². The van der Waals surface area contributed by atoms with E-state index in [4.69, 9.17) is 5.73 Å². The SMILES string of the molecule is CN(C)S(=O)(=O)CCNc1c(N)cncc1Br. The number of aromatic nitrogens is 1. The number of nitrogen functional groups attached to an aromatic ring is 1. The first-order valence-electron chi connectivity index (χ1n) is 4.87. The highest BCUT2D eigenvalue weighted by Crippen LogP contribution is 2.26. The molecule has 1 aromatic heterocycles. The van der Waals surface area contributed by atoms with Gasteiger partial charge in [0.05, 0.1) is 27.8 Å². The minimum Gasteiger partial charge on any atom is -0.396 e. The molecule has 0 aromatic carbocycles. The largest absolute Gasteiger partial charge is 0.396 e. The molecule has 6 nitrogen and oxygen atoms in total. The van der Waals surface area contributed by atoms with Crippen molar-refractivity contribution >= 4 is 37.3 Å². The van der Waals surface area contributed by atoms with Gasteiger partial charge >= 0.3 is 0 Å². The smallest absolute Gasteiger partial charge is 0.215 e. The summed E-state index contributed by atoms with van der Waals surface area (Å²) in [5, 5.41) is 2.97. The van der Waals surface area contributed by atoms with Crippen molar-refractivity contribution in [1.82, 2.24) is 9.29 Å². The predicted molar refractivity (Wildman–Crippen MR) is 72.3 cm³/mol. The predicted octanol–water partition coefficient (Wildman–Crippen LogP) is 0.730. The van der Waals surface area contributed by atoms with Crippen molar-refractivity contribution in [1.29, 1.82) is 0 Å². The molecular weight excluding hydrogens is 308 g/mol. The lowest BCUT2D eigenvalue weighted by atomic mass is 10.3. The Kier molecular flexibility index (Phi) is 4.72. The average molecular weight is 323 g/mol. The van der Waals surface area contributed by atoms with Crippen molar-refractivity contribution in [2.75, 3.05) is 37.4 Å². The Morgan fingerprint density at radius 1 is 1.47 bits per heavy atom. The van der Waals surface area contributed by atoms with Gasteiger partial charge < -0.3 is 11.1 Å². The van der Waals surface area contributed by atoms with E-state index in [0.717, 1.165) is 0 Å². The minimum atomic E-state index is -3.19. The molecule has 0 aliphatic heterocycles. The standard InChI is InChI=1S/C9H15BrN4O2S/c1-14(2)17(15,16)4-3-13-9-7(10)5-12-6-8(9)11/h5-6H,3-4,11H2,1-2H3,(H,12,13). The van der Waals surface area contributed by atoms with Gasteiger partial charge in [-0.05, 0) is 15.9 Å². The summed E-state index contributed by atoms with van der Waals surface area (Å²) in [4.78, 5) is 3.89. The van der Waals surface area contributed by atoms with Crippen LogP contribution in [0.4, 0.5) is 11.4 Å². The molecule has 3 N–H and O–H groups in total. The zero-order valence-electron chi connectivity index (χ0n) is 9.64. The number of rotatable bonds is 5. The van der Waals surface area contributed by atoms with E-state index >= 15 is 0 Å². The van der Waals surface area contributed by atoms with Crippen molar-refractivity contribution in [3.8, 4) is 0 Å². The summed E-state index contributed by atoms with van der Waals surface area (Å²) in [7, 11) is -0.183. The normalized spacial score (nSPS) is 11.8. The van der Waals surface area contributed by atoms with Crippen LogP contribution in [-0.4, -0.2) is 44.1 Å². The summed E-state index contributed by atoms with van der Waals surface area (Å²) in [5.74, 6) is 0.00814. The van der Waals surface area contributed by atoms with Crippen molar-refractivity contribution in [2.24, 2.45) is 0 Å². The number of halogens is 1. The molecule has 0 atom stereocenters. The highest BCUT2D eigenvalue weighted by atomic mass is 79.9. The van der Waals surface area contributed by atoms with E-state index in [0.29, 0.717) is 15.8 Å². The monoisotopic (exact) mass is 322 g/mol. The summed E-state index contributed by atoms with van der Waals surface area (Å²) in [6, 6.07) is 0. The molecule has 1 aromatic rings. The summed E-state index contributed by atoms with van der Waals surface area (Å²) in [5.41, 5.74) is 6.85. The lowest BCUT2D eigenvalue weighted by Gasteiger charge is -2.13. The first-order chi connectivity index (χ1) is 7.84. The Morgan fingerprint density at radius 2 is 2.12 bits per heavy atom. The summed E-state index contributed by atoms with van der Waals surface area (Å²) < 4.78 is 24.9. The van der Waals surface area contributed by atoms with Crippen molar-refractivity contribution in [3.63, 3.8) is 0 Å². The maximum absolute atomic E-state index is 11.5. The molecule has 8 heteroatoms. The maximum atomic E-state index is 11.5. The molecule has 0 aliphatic rings. The third-order valence-electron chi connectivity index (χ3n) is 2.15. The van der Waals surface area contributed by atoms with E-state index < -0.39 is 10.0 Å². The molecule has 1 heterocycles. The van der Waals surface area contributed by atoms with Gasteiger partial charge in [0.15, 0.2) is 0 Å². The summed E-state index contributed by atoms with van der Waals surface area (Å²) >= 11 is 3.29. The molecule has 0 saturated carbocycles. The Balaban J connectivity index is 2.64. The van der Waals surface area contributed by atoms with Gasteiger partial charge in [0.2, 0.25) is 10.0 Å². The van der Waals surface area contributed by atoms with Crippen LogP contribution >= 0.6 is 15.9 Å². The quantitative estimate of drug-likeness (QED) is 0.834. The second-order valence-corrected chi connectivity index (χ2v) is 6.77. The van der Waals surface area contributed by atoms with E-state index in [1.54, 1.807) is 6.20 Å². The number of nitrogens with one attached hydrogen (secondary N) is 1. The Bertz CT molecular complexity index is 470. The Labute approximate surface area is 109 Å². The fourth-order valence-electron chi connectivity index (χ4n) is 1.12. The van der Waals surface area contributed by atoms with Crippen LogP contribution in [0.15, 0.2) is 16.9 Å². The number of pyridine rings is 1. The third-order valence-corrected chi connectivity index (χ3v) is 4.58. The molecule has 0 fully saturated rings. The van der Waals surface area contributed by atoms with E-state index in [2.05, 4.69) is 26.2 Å². The molecule has 0 amide bonds. The first-order valence-corrected chi connectivity index (χ1v) is 7.28. The van der Waals surface area contributed by atoms with Gasteiger partial charge in [-0.15, -0.1) is 0 Å². The van der Waals surface area contributed by atoms with E-state index in [1.807, 2.05) is 0 Å². The topological polar surface area (TPSA) is 88.3 Å². The highest BCUT2D eigenvalue weighted by Gasteiger charge is 2.13. The third kappa shape index (κ3) is 3.83.